The Kier molecular flexibility index (Phi) is 4.71. The second-order valence-corrected chi connectivity index (χ2v) is 5.83. The molecule has 122 valence electrons. The lowest BCUT2D eigenvalue weighted by atomic mass is 10.1. The van der Waals surface area contributed by atoms with Crippen molar-refractivity contribution in [3.05, 3.63) is 41.7 Å². The van der Waals surface area contributed by atoms with E-state index < -0.39 is 0 Å². The molecule has 1 atom stereocenters. The van der Waals surface area contributed by atoms with E-state index in [2.05, 4.69) is 10.2 Å². The third kappa shape index (κ3) is 3.42. The fourth-order valence-electron chi connectivity index (χ4n) is 2.80. The second-order valence-electron chi connectivity index (χ2n) is 5.83. The number of aromatic nitrogens is 3. The highest BCUT2D eigenvalue weighted by molar-refractivity contribution is 5.93. The van der Waals surface area contributed by atoms with Crippen LogP contribution in [0.15, 0.2) is 30.3 Å². The van der Waals surface area contributed by atoms with Crippen LogP contribution in [0.3, 0.4) is 0 Å². The summed E-state index contributed by atoms with van der Waals surface area (Å²) in [6.45, 7) is 6.72. The molecule has 1 fully saturated rings. The second kappa shape index (κ2) is 6.91. The molecular weight excluding hydrogens is 292 g/mol. The molecule has 0 aliphatic carbocycles. The molecule has 1 amide bonds. The zero-order valence-corrected chi connectivity index (χ0v) is 13.6. The molecule has 6 nitrogen and oxygen atoms in total. The number of hydrogen-bond acceptors (Lipinski definition) is 4. The first-order valence-electron chi connectivity index (χ1n) is 8.05. The predicted octanol–water partition coefficient (Wildman–Crippen LogP) is 2.07. The van der Waals surface area contributed by atoms with Gasteiger partial charge in [0, 0.05) is 25.6 Å². The van der Waals surface area contributed by atoms with Crippen LogP contribution in [0.4, 0.5) is 0 Å². The van der Waals surface area contributed by atoms with E-state index in [1.54, 1.807) is 0 Å². The normalized spacial score (nSPS) is 17.4. The molecule has 1 saturated heterocycles. The smallest absolute Gasteiger partial charge is 0.276 e. The van der Waals surface area contributed by atoms with E-state index in [4.69, 9.17) is 4.74 Å². The molecule has 0 saturated carbocycles. The Morgan fingerprint density at radius 3 is 2.78 bits per heavy atom. The van der Waals surface area contributed by atoms with Gasteiger partial charge in [-0.15, -0.1) is 5.10 Å². The Labute approximate surface area is 136 Å². The number of carbonyl (C=O) groups is 1. The van der Waals surface area contributed by atoms with E-state index in [-0.39, 0.29) is 5.91 Å². The molecule has 0 radical (unpaired) electrons. The van der Waals surface area contributed by atoms with Crippen molar-refractivity contribution in [3.8, 4) is 5.69 Å². The number of ether oxygens (including phenoxy) is 1. The molecule has 0 N–H and O–H groups in total. The van der Waals surface area contributed by atoms with Gasteiger partial charge in [-0.25, -0.2) is 0 Å². The summed E-state index contributed by atoms with van der Waals surface area (Å²) in [4.78, 5) is 16.2. The number of aryl methyl sites for hydroxylation is 1. The molecule has 0 unspecified atom stereocenters. The average molecular weight is 314 g/mol. The molecule has 23 heavy (non-hydrogen) atoms. The Morgan fingerprint density at radius 2 is 2.13 bits per heavy atom. The largest absolute Gasteiger partial charge is 0.381 e. The SMILES string of the molecule is CCN(C[C@@H]1CCOC1)C(=O)c1nn(-c2ccccc2)nc1C. The fourth-order valence-corrected chi connectivity index (χ4v) is 2.80. The van der Waals surface area contributed by atoms with Gasteiger partial charge in [0.2, 0.25) is 0 Å². The van der Waals surface area contributed by atoms with Crippen molar-refractivity contribution in [1.29, 1.82) is 0 Å². The lowest BCUT2D eigenvalue weighted by molar-refractivity contribution is 0.0723. The first-order valence-corrected chi connectivity index (χ1v) is 8.05. The number of amides is 1. The Morgan fingerprint density at radius 1 is 1.35 bits per heavy atom. The zero-order valence-electron chi connectivity index (χ0n) is 13.6. The summed E-state index contributed by atoms with van der Waals surface area (Å²) in [5.74, 6) is 0.363. The van der Waals surface area contributed by atoms with Gasteiger partial charge in [0.15, 0.2) is 5.69 Å². The van der Waals surface area contributed by atoms with E-state index in [1.165, 1.54) is 4.80 Å². The Bertz CT molecular complexity index is 662. The maximum atomic E-state index is 12.8. The van der Waals surface area contributed by atoms with E-state index >= 15 is 0 Å². The van der Waals surface area contributed by atoms with Crippen molar-refractivity contribution in [3.63, 3.8) is 0 Å². The number of rotatable bonds is 5. The maximum absolute atomic E-state index is 12.8. The Balaban J connectivity index is 1.79. The van der Waals surface area contributed by atoms with E-state index in [0.717, 1.165) is 25.3 Å². The van der Waals surface area contributed by atoms with Gasteiger partial charge in [-0.05, 0) is 32.4 Å². The van der Waals surface area contributed by atoms with Crippen LogP contribution in [0.5, 0.6) is 0 Å². The topological polar surface area (TPSA) is 60.2 Å². The van der Waals surface area contributed by atoms with Crippen molar-refractivity contribution in [2.45, 2.75) is 20.3 Å². The van der Waals surface area contributed by atoms with E-state index in [1.807, 2.05) is 49.1 Å². The van der Waals surface area contributed by atoms with Crippen molar-refractivity contribution in [2.75, 3.05) is 26.3 Å². The Hall–Kier alpha value is -2.21. The maximum Gasteiger partial charge on any atom is 0.276 e. The van der Waals surface area contributed by atoms with Crippen LogP contribution in [0.2, 0.25) is 0 Å². The number of hydrogen-bond donors (Lipinski definition) is 0. The third-order valence-corrected chi connectivity index (χ3v) is 4.14. The minimum atomic E-state index is -0.0564. The van der Waals surface area contributed by atoms with Crippen LogP contribution in [0.1, 0.15) is 29.5 Å². The van der Waals surface area contributed by atoms with Crippen LogP contribution < -0.4 is 0 Å². The van der Waals surface area contributed by atoms with E-state index in [0.29, 0.717) is 30.4 Å². The van der Waals surface area contributed by atoms with Gasteiger partial charge in [-0.2, -0.15) is 9.90 Å². The van der Waals surface area contributed by atoms with Gasteiger partial charge in [0.1, 0.15) is 0 Å². The molecule has 2 heterocycles. The van der Waals surface area contributed by atoms with Gasteiger partial charge in [-0.1, -0.05) is 18.2 Å². The highest BCUT2D eigenvalue weighted by atomic mass is 16.5. The van der Waals surface area contributed by atoms with Crippen molar-refractivity contribution in [2.24, 2.45) is 5.92 Å². The molecule has 1 aromatic carbocycles. The molecule has 2 aromatic rings. The van der Waals surface area contributed by atoms with Crippen LogP contribution in [-0.4, -0.2) is 52.1 Å². The minimum absolute atomic E-state index is 0.0564. The summed E-state index contributed by atoms with van der Waals surface area (Å²) in [7, 11) is 0. The molecule has 1 aliphatic rings. The van der Waals surface area contributed by atoms with Crippen LogP contribution in [0, 0.1) is 12.8 Å². The van der Waals surface area contributed by atoms with Gasteiger partial charge >= 0.3 is 0 Å². The molecule has 3 rings (SSSR count). The summed E-state index contributed by atoms with van der Waals surface area (Å²) < 4.78 is 5.40. The molecule has 0 spiro atoms. The third-order valence-electron chi connectivity index (χ3n) is 4.14. The van der Waals surface area contributed by atoms with Crippen molar-refractivity contribution < 1.29 is 9.53 Å². The lowest BCUT2D eigenvalue weighted by Crippen LogP contribution is -2.36. The summed E-state index contributed by atoms with van der Waals surface area (Å²) >= 11 is 0. The predicted molar refractivity (Wildman–Crippen MR) is 86.6 cm³/mol. The highest BCUT2D eigenvalue weighted by Gasteiger charge is 2.25. The number of benzene rings is 1. The van der Waals surface area contributed by atoms with Crippen LogP contribution in [0.25, 0.3) is 5.69 Å². The average Bonchev–Trinajstić information content (AvgIpc) is 3.22. The van der Waals surface area contributed by atoms with Crippen LogP contribution in [-0.2, 0) is 4.74 Å². The van der Waals surface area contributed by atoms with Gasteiger partial charge in [0.25, 0.3) is 5.91 Å². The molecule has 1 aliphatic heterocycles. The highest BCUT2D eigenvalue weighted by Crippen LogP contribution is 2.16. The number of nitrogens with zero attached hydrogens (tertiary/aromatic N) is 4. The monoisotopic (exact) mass is 314 g/mol. The molecule has 0 bridgehead atoms. The standard InChI is InChI=1S/C17H22N4O2/c1-3-20(11-14-9-10-23-12-14)17(22)16-13(2)18-21(19-16)15-7-5-4-6-8-15/h4-8,14H,3,9-12H2,1-2H3/t14-/m0/s1. The first kappa shape index (κ1) is 15.7. The van der Waals surface area contributed by atoms with Gasteiger partial charge < -0.3 is 9.64 Å². The molecule has 6 heteroatoms. The van der Waals surface area contributed by atoms with Crippen molar-refractivity contribution in [1.82, 2.24) is 19.9 Å². The van der Waals surface area contributed by atoms with Crippen molar-refractivity contribution >= 4 is 5.91 Å². The number of carbonyl (C=O) groups excluding carboxylic acids is 1. The fraction of sp³-hybridized carbons (Fsp3) is 0.471. The summed E-state index contributed by atoms with van der Waals surface area (Å²) in [6.07, 6.45) is 1.01. The summed E-state index contributed by atoms with van der Waals surface area (Å²) in [6, 6.07) is 9.62. The number of para-hydroxylation sites is 1. The summed E-state index contributed by atoms with van der Waals surface area (Å²) in [5.41, 5.74) is 1.93. The van der Waals surface area contributed by atoms with Gasteiger partial charge in [-0.3, -0.25) is 4.79 Å². The first-order chi connectivity index (χ1) is 11.2. The van der Waals surface area contributed by atoms with Gasteiger partial charge in [0.05, 0.1) is 18.0 Å². The van der Waals surface area contributed by atoms with E-state index in [9.17, 15) is 4.79 Å². The minimum Gasteiger partial charge on any atom is -0.381 e. The molecule has 1 aromatic heterocycles. The molecular formula is C17H22N4O2. The zero-order chi connectivity index (χ0) is 16.2. The summed E-state index contributed by atoms with van der Waals surface area (Å²) in [5, 5.41) is 8.79. The quantitative estimate of drug-likeness (QED) is 0.848. The van der Waals surface area contributed by atoms with Crippen LogP contribution >= 0.6 is 0 Å². The lowest BCUT2D eigenvalue weighted by Gasteiger charge is -2.22.